The van der Waals surface area contributed by atoms with Crippen LogP contribution in [0.3, 0.4) is 0 Å². The molecule has 0 aromatic heterocycles. The molecule has 0 radical (unpaired) electrons. The number of carbonyl (C=O) groups is 1. The van der Waals surface area contributed by atoms with E-state index in [0.29, 0.717) is 24.4 Å². The summed E-state index contributed by atoms with van der Waals surface area (Å²) in [6, 6.07) is 11.5. The molecule has 0 aliphatic carbocycles. The summed E-state index contributed by atoms with van der Waals surface area (Å²) in [5.41, 5.74) is 4.19. The van der Waals surface area contributed by atoms with E-state index in [1.165, 1.54) is 5.56 Å². The normalized spacial score (nSPS) is 10.4. The van der Waals surface area contributed by atoms with Crippen LogP contribution >= 0.6 is 0 Å². The SMILES string of the molecule is Cc1ccc(C)c(OCCCNc2ccc(C)cc2C(=O)O)c1. The lowest BCUT2D eigenvalue weighted by atomic mass is 10.1. The highest BCUT2D eigenvalue weighted by Crippen LogP contribution is 2.20. The van der Waals surface area contributed by atoms with Crippen LogP contribution in [0.2, 0.25) is 0 Å². The van der Waals surface area contributed by atoms with Crippen molar-refractivity contribution in [3.63, 3.8) is 0 Å². The molecule has 0 atom stereocenters. The van der Waals surface area contributed by atoms with Gasteiger partial charge in [-0.1, -0.05) is 23.8 Å². The topological polar surface area (TPSA) is 58.6 Å². The van der Waals surface area contributed by atoms with Crippen LogP contribution in [0.15, 0.2) is 36.4 Å². The van der Waals surface area contributed by atoms with Crippen LogP contribution in [-0.2, 0) is 0 Å². The van der Waals surface area contributed by atoms with Crippen molar-refractivity contribution in [2.75, 3.05) is 18.5 Å². The van der Waals surface area contributed by atoms with Crippen molar-refractivity contribution >= 4 is 11.7 Å². The van der Waals surface area contributed by atoms with Gasteiger partial charge in [-0.3, -0.25) is 0 Å². The van der Waals surface area contributed by atoms with Crippen LogP contribution in [0.1, 0.15) is 33.5 Å². The first-order chi connectivity index (χ1) is 11.0. The van der Waals surface area contributed by atoms with Gasteiger partial charge in [-0.05, 0) is 56.5 Å². The molecule has 122 valence electrons. The first-order valence-corrected chi connectivity index (χ1v) is 7.75. The number of aryl methyl sites for hydroxylation is 3. The Balaban J connectivity index is 1.84. The minimum absolute atomic E-state index is 0.306. The Morgan fingerprint density at radius 2 is 1.78 bits per heavy atom. The first-order valence-electron chi connectivity index (χ1n) is 7.75. The van der Waals surface area contributed by atoms with E-state index in [-0.39, 0.29) is 0 Å². The zero-order chi connectivity index (χ0) is 16.8. The fraction of sp³-hybridized carbons (Fsp3) is 0.316. The number of ether oxygens (including phenoxy) is 1. The Labute approximate surface area is 137 Å². The summed E-state index contributed by atoms with van der Waals surface area (Å²) >= 11 is 0. The highest BCUT2D eigenvalue weighted by atomic mass is 16.5. The lowest BCUT2D eigenvalue weighted by molar-refractivity contribution is 0.0698. The van der Waals surface area contributed by atoms with Crippen LogP contribution in [-0.4, -0.2) is 24.2 Å². The van der Waals surface area contributed by atoms with Gasteiger partial charge in [-0.2, -0.15) is 0 Å². The van der Waals surface area contributed by atoms with Gasteiger partial charge in [-0.25, -0.2) is 4.79 Å². The minimum atomic E-state index is -0.914. The monoisotopic (exact) mass is 313 g/mol. The molecule has 2 aromatic rings. The van der Waals surface area contributed by atoms with Gasteiger partial charge in [0.2, 0.25) is 0 Å². The molecular weight excluding hydrogens is 290 g/mol. The first kappa shape index (κ1) is 16.9. The van der Waals surface area contributed by atoms with Crippen molar-refractivity contribution in [2.45, 2.75) is 27.2 Å². The average Bonchev–Trinajstić information content (AvgIpc) is 2.51. The maximum Gasteiger partial charge on any atom is 0.337 e. The molecule has 0 saturated carbocycles. The molecule has 4 heteroatoms. The minimum Gasteiger partial charge on any atom is -0.493 e. The van der Waals surface area contributed by atoms with Gasteiger partial charge in [0.15, 0.2) is 0 Å². The van der Waals surface area contributed by atoms with Gasteiger partial charge in [-0.15, -0.1) is 0 Å². The summed E-state index contributed by atoms with van der Waals surface area (Å²) in [5, 5.41) is 12.4. The molecule has 0 fully saturated rings. The number of aromatic carboxylic acids is 1. The number of benzene rings is 2. The largest absolute Gasteiger partial charge is 0.493 e. The Bertz CT molecular complexity index is 695. The van der Waals surface area contributed by atoms with E-state index in [2.05, 4.69) is 11.4 Å². The summed E-state index contributed by atoms with van der Waals surface area (Å²) in [7, 11) is 0. The molecular formula is C19H23NO3. The standard InChI is InChI=1S/C19H23NO3/c1-13-6-8-17(16(11-13)19(21)22)20-9-4-10-23-18-12-14(2)5-7-15(18)3/h5-8,11-12,20H,4,9-10H2,1-3H3,(H,21,22). The maximum atomic E-state index is 11.3. The third-order valence-electron chi connectivity index (χ3n) is 3.64. The predicted octanol–water partition coefficient (Wildman–Crippen LogP) is 4.19. The highest BCUT2D eigenvalue weighted by molar-refractivity contribution is 5.94. The summed E-state index contributed by atoms with van der Waals surface area (Å²) in [6.07, 6.45) is 0.792. The van der Waals surface area contributed by atoms with E-state index < -0.39 is 5.97 Å². The number of anilines is 1. The second-order valence-electron chi connectivity index (χ2n) is 5.75. The van der Waals surface area contributed by atoms with E-state index in [1.54, 1.807) is 6.07 Å². The Morgan fingerprint density at radius 3 is 2.52 bits per heavy atom. The quantitative estimate of drug-likeness (QED) is 0.752. The molecule has 23 heavy (non-hydrogen) atoms. The molecule has 0 aliphatic rings. The molecule has 0 heterocycles. The Morgan fingerprint density at radius 1 is 1.09 bits per heavy atom. The van der Waals surface area contributed by atoms with Crippen molar-refractivity contribution in [3.8, 4) is 5.75 Å². The fourth-order valence-electron chi connectivity index (χ4n) is 2.33. The van der Waals surface area contributed by atoms with Crippen LogP contribution in [0.25, 0.3) is 0 Å². The number of carboxylic acids is 1. The zero-order valence-electron chi connectivity index (χ0n) is 13.8. The van der Waals surface area contributed by atoms with Gasteiger partial charge in [0.25, 0.3) is 0 Å². The van der Waals surface area contributed by atoms with Crippen molar-refractivity contribution in [1.82, 2.24) is 0 Å². The molecule has 2 aromatic carbocycles. The van der Waals surface area contributed by atoms with E-state index in [9.17, 15) is 9.90 Å². The van der Waals surface area contributed by atoms with Crippen molar-refractivity contribution < 1.29 is 14.6 Å². The molecule has 0 aliphatic heterocycles. The van der Waals surface area contributed by atoms with Crippen LogP contribution < -0.4 is 10.1 Å². The number of nitrogens with one attached hydrogen (secondary N) is 1. The van der Waals surface area contributed by atoms with E-state index in [1.807, 2.05) is 45.0 Å². The second-order valence-corrected chi connectivity index (χ2v) is 5.75. The van der Waals surface area contributed by atoms with Crippen LogP contribution in [0, 0.1) is 20.8 Å². The molecule has 0 amide bonds. The van der Waals surface area contributed by atoms with Crippen molar-refractivity contribution in [1.29, 1.82) is 0 Å². The number of hydrogen-bond acceptors (Lipinski definition) is 3. The molecule has 2 rings (SSSR count). The summed E-state index contributed by atoms with van der Waals surface area (Å²) in [6.45, 7) is 7.20. The number of rotatable bonds is 7. The average molecular weight is 313 g/mol. The summed E-state index contributed by atoms with van der Waals surface area (Å²) < 4.78 is 5.80. The molecule has 0 spiro atoms. The van der Waals surface area contributed by atoms with Gasteiger partial charge in [0, 0.05) is 12.2 Å². The van der Waals surface area contributed by atoms with Gasteiger partial charge in [0.05, 0.1) is 12.2 Å². The number of hydrogen-bond donors (Lipinski definition) is 2. The molecule has 4 nitrogen and oxygen atoms in total. The van der Waals surface area contributed by atoms with E-state index in [0.717, 1.165) is 23.3 Å². The van der Waals surface area contributed by atoms with Crippen LogP contribution in [0.5, 0.6) is 5.75 Å². The lowest BCUT2D eigenvalue weighted by Gasteiger charge is -2.12. The third kappa shape index (κ3) is 4.74. The predicted molar refractivity (Wildman–Crippen MR) is 92.7 cm³/mol. The van der Waals surface area contributed by atoms with Crippen molar-refractivity contribution in [2.24, 2.45) is 0 Å². The third-order valence-corrected chi connectivity index (χ3v) is 3.64. The highest BCUT2D eigenvalue weighted by Gasteiger charge is 2.09. The lowest BCUT2D eigenvalue weighted by Crippen LogP contribution is -2.11. The Kier molecular flexibility index (Phi) is 5.63. The van der Waals surface area contributed by atoms with E-state index >= 15 is 0 Å². The fourth-order valence-corrected chi connectivity index (χ4v) is 2.33. The van der Waals surface area contributed by atoms with Gasteiger partial charge in [0.1, 0.15) is 5.75 Å². The smallest absolute Gasteiger partial charge is 0.337 e. The molecule has 2 N–H and O–H groups in total. The molecule has 0 unspecified atom stereocenters. The maximum absolute atomic E-state index is 11.3. The summed E-state index contributed by atoms with van der Waals surface area (Å²) in [5.74, 6) is -0.00519. The summed E-state index contributed by atoms with van der Waals surface area (Å²) in [4.78, 5) is 11.3. The number of carboxylic acid groups (broad SMARTS) is 1. The Hall–Kier alpha value is -2.49. The van der Waals surface area contributed by atoms with Gasteiger partial charge >= 0.3 is 5.97 Å². The second kappa shape index (κ2) is 7.68. The molecule has 0 bridgehead atoms. The molecule has 0 saturated heterocycles. The van der Waals surface area contributed by atoms with Crippen LogP contribution in [0.4, 0.5) is 5.69 Å². The van der Waals surface area contributed by atoms with E-state index in [4.69, 9.17) is 4.74 Å². The zero-order valence-corrected chi connectivity index (χ0v) is 13.8. The van der Waals surface area contributed by atoms with Crippen molar-refractivity contribution in [3.05, 3.63) is 58.7 Å². The van der Waals surface area contributed by atoms with Gasteiger partial charge < -0.3 is 15.2 Å².